The Bertz CT molecular complexity index is 784. The number of halogens is 1. The second-order valence-electron chi connectivity index (χ2n) is 8.43. The van der Waals surface area contributed by atoms with Crippen molar-refractivity contribution in [2.24, 2.45) is 12.0 Å². The summed E-state index contributed by atoms with van der Waals surface area (Å²) in [6.45, 7) is 9.47. The first-order chi connectivity index (χ1) is 13.4. The molecule has 2 N–H and O–H groups in total. The van der Waals surface area contributed by atoms with Gasteiger partial charge in [0, 0.05) is 38.9 Å². The summed E-state index contributed by atoms with van der Waals surface area (Å²) in [5.41, 5.74) is 2.89. The number of guanidine groups is 1. The Morgan fingerprint density at radius 3 is 2.34 bits per heavy atom. The highest BCUT2D eigenvalue weighted by Gasteiger charge is 2.21. The lowest BCUT2D eigenvalue weighted by Crippen LogP contribution is -2.48. The van der Waals surface area contributed by atoms with Crippen LogP contribution >= 0.6 is 24.0 Å². The third kappa shape index (κ3) is 6.32. The monoisotopic (exact) mass is 511 g/mol. The lowest BCUT2D eigenvalue weighted by Gasteiger charge is -2.35. The topological polar surface area (TPSA) is 70.4 Å². The molecule has 0 bridgehead atoms. The standard InChI is InChI=1S/C21H33N7.HI/c1-21(2,3)16-6-8-18(9-7-16)28-12-10-17(11-13-28)26-20(22-4)23-14-19-24-15-25-27(19)5;/h6-9,15,17H,10-14H2,1-5H3,(H2,22,23,26);1H. The van der Waals surface area contributed by atoms with Crippen LogP contribution in [0.2, 0.25) is 0 Å². The molecule has 160 valence electrons. The number of hydrogen-bond donors (Lipinski definition) is 2. The smallest absolute Gasteiger partial charge is 0.191 e. The number of benzene rings is 1. The van der Waals surface area contributed by atoms with E-state index in [9.17, 15) is 0 Å². The van der Waals surface area contributed by atoms with E-state index in [1.165, 1.54) is 11.3 Å². The predicted molar refractivity (Wildman–Crippen MR) is 130 cm³/mol. The highest BCUT2D eigenvalue weighted by atomic mass is 127. The fourth-order valence-electron chi connectivity index (χ4n) is 3.49. The van der Waals surface area contributed by atoms with Gasteiger partial charge in [0.2, 0.25) is 0 Å². The van der Waals surface area contributed by atoms with E-state index < -0.39 is 0 Å². The molecule has 0 radical (unpaired) electrons. The van der Waals surface area contributed by atoms with Crippen molar-refractivity contribution < 1.29 is 0 Å². The van der Waals surface area contributed by atoms with Crippen LogP contribution in [0.15, 0.2) is 35.6 Å². The van der Waals surface area contributed by atoms with E-state index in [0.29, 0.717) is 12.6 Å². The van der Waals surface area contributed by atoms with Gasteiger partial charge in [0.25, 0.3) is 0 Å². The fourth-order valence-corrected chi connectivity index (χ4v) is 3.49. The number of hydrogen-bond acceptors (Lipinski definition) is 4. The van der Waals surface area contributed by atoms with Crippen molar-refractivity contribution in [2.75, 3.05) is 25.0 Å². The number of aromatic nitrogens is 3. The molecule has 1 aromatic heterocycles. The molecule has 7 nitrogen and oxygen atoms in total. The minimum absolute atomic E-state index is 0. The maximum absolute atomic E-state index is 4.34. The molecule has 0 aliphatic carbocycles. The number of nitrogens with zero attached hydrogens (tertiary/aromatic N) is 5. The number of nitrogens with one attached hydrogen (secondary N) is 2. The third-order valence-electron chi connectivity index (χ3n) is 5.38. The Labute approximate surface area is 191 Å². The molecule has 1 fully saturated rings. The molecule has 0 spiro atoms. The zero-order valence-corrected chi connectivity index (χ0v) is 20.5. The van der Waals surface area contributed by atoms with Gasteiger partial charge in [-0.1, -0.05) is 32.9 Å². The van der Waals surface area contributed by atoms with Crippen LogP contribution in [0.1, 0.15) is 45.0 Å². The number of aryl methyl sites for hydroxylation is 1. The summed E-state index contributed by atoms with van der Waals surface area (Å²) in [7, 11) is 3.70. The molecule has 8 heteroatoms. The summed E-state index contributed by atoms with van der Waals surface area (Å²) in [5, 5.41) is 11.0. The van der Waals surface area contributed by atoms with E-state index in [0.717, 1.165) is 37.7 Å². The average molecular weight is 511 g/mol. The number of rotatable bonds is 4. The minimum atomic E-state index is 0. The van der Waals surface area contributed by atoms with Crippen molar-refractivity contribution in [3.8, 4) is 0 Å². The van der Waals surface area contributed by atoms with Gasteiger partial charge in [-0.05, 0) is 36.0 Å². The summed E-state index contributed by atoms with van der Waals surface area (Å²) in [4.78, 5) is 11.1. The molecule has 3 rings (SSSR count). The van der Waals surface area contributed by atoms with Gasteiger partial charge in [-0.3, -0.25) is 9.67 Å². The Balaban J connectivity index is 0.00000300. The van der Waals surface area contributed by atoms with Crippen molar-refractivity contribution in [3.63, 3.8) is 0 Å². The minimum Gasteiger partial charge on any atom is -0.371 e. The van der Waals surface area contributed by atoms with Gasteiger partial charge in [-0.15, -0.1) is 24.0 Å². The Morgan fingerprint density at radius 2 is 1.83 bits per heavy atom. The molecule has 2 heterocycles. The normalized spacial score (nSPS) is 15.8. The van der Waals surface area contributed by atoms with Gasteiger partial charge in [-0.2, -0.15) is 5.10 Å². The molecule has 1 aromatic carbocycles. The Morgan fingerprint density at radius 1 is 1.17 bits per heavy atom. The zero-order chi connectivity index (χ0) is 20.1. The van der Waals surface area contributed by atoms with E-state index >= 15 is 0 Å². The van der Waals surface area contributed by atoms with Crippen molar-refractivity contribution in [1.82, 2.24) is 25.4 Å². The second kappa shape index (κ2) is 10.3. The maximum atomic E-state index is 4.34. The van der Waals surface area contributed by atoms with Crippen molar-refractivity contribution in [3.05, 3.63) is 42.0 Å². The largest absolute Gasteiger partial charge is 0.371 e. The predicted octanol–water partition coefficient (Wildman–Crippen LogP) is 3.06. The van der Waals surface area contributed by atoms with Gasteiger partial charge in [0.1, 0.15) is 12.2 Å². The molecular formula is C21H34IN7. The molecule has 0 amide bonds. The lowest BCUT2D eigenvalue weighted by atomic mass is 9.87. The lowest BCUT2D eigenvalue weighted by molar-refractivity contribution is 0.461. The summed E-state index contributed by atoms with van der Waals surface area (Å²) < 4.78 is 1.77. The van der Waals surface area contributed by atoms with Crippen LogP contribution in [0.25, 0.3) is 0 Å². The van der Waals surface area contributed by atoms with Crippen molar-refractivity contribution >= 4 is 35.6 Å². The number of piperidine rings is 1. The first kappa shape index (κ1) is 23.4. The SMILES string of the molecule is CN=C(NCc1ncnn1C)NC1CCN(c2ccc(C(C)(C)C)cc2)CC1.I. The van der Waals surface area contributed by atoms with Gasteiger partial charge < -0.3 is 15.5 Å². The van der Waals surface area contributed by atoms with Gasteiger partial charge >= 0.3 is 0 Å². The second-order valence-corrected chi connectivity index (χ2v) is 8.43. The van der Waals surface area contributed by atoms with Crippen LogP contribution in [0, 0.1) is 0 Å². The van der Waals surface area contributed by atoms with Gasteiger partial charge in [0.05, 0.1) is 6.54 Å². The van der Waals surface area contributed by atoms with Crippen LogP contribution in [0.5, 0.6) is 0 Å². The summed E-state index contributed by atoms with van der Waals surface area (Å²) >= 11 is 0. The van der Waals surface area contributed by atoms with Crippen molar-refractivity contribution in [1.29, 1.82) is 0 Å². The molecular weight excluding hydrogens is 477 g/mol. The first-order valence-electron chi connectivity index (χ1n) is 10.0. The molecule has 0 saturated carbocycles. The Hall–Kier alpha value is -1.84. The molecule has 2 aromatic rings. The van der Waals surface area contributed by atoms with Crippen LogP contribution in [-0.2, 0) is 19.0 Å². The molecule has 1 aliphatic rings. The molecule has 1 saturated heterocycles. The number of aliphatic imine (C=N–C) groups is 1. The van der Waals surface area contributed by atoms with E-state index in [1.54, 1.807) is 18.1 Å². The van der Waals surface area contributed by atoms with Crippen LogP contribution < -0.4 is 15.5 Å². The van der Waals surface area contributed by atoms with Gasteiger partial charge in [0.15, 0.2) is 5.96 Å². The molecule has 1 aliphatic heterocycles. The maximum Gasteiger partial charge on any atom is 0.191 e. The summed E-state index contributed by atoms with van der Waals surface area (Å²) in [6.07, 6.45) is 3.74. The van der Waals surface area contributed by atoms with E-state index in [2.05, 4.69) is 75.6 Å². The Kier molecular flexibility index (Phi) is 8.30. The van der Waals surface area contributed by atoms with Crippen molar-refractivity contribution in [2.45, 2.75) is 51.6 Å². The van der Waals surface area contributed by atoms with Crippen LogP contribution in [-0.4, -0.2) is 46.9 Å². The molecule has 29 heavy (non-hydrogen) atoms. The quantitative estimate of drug-likeness (QED) is 0.375. The molecule has 0 atom stereocenters. The fraction of sp³-hybridized carbons (Fsp3) is 0.571. The highest BCUT2D eigenvalue weighted by Crippen LogP contribution is 2.26. The first-order valence-corrected chi connectivity index (χ1v) is 10.0. The molecule has 0 unspecified atom stereocenters. The van der Waals surface area contributed by atoms with Gasteiger partial charge in [-0.25, -0.2) is 4.98 Å². The van der Waals surface area contributed by atoms with Crippen LogP contribution in [0.3, 0.4) is 0 Å². The highest BCUT2D eigenvalue weighted by molar-refractivity contribution is 14.0. The number of anilines is 1. The zero-order valence-electron chi connectivity index (χ0n) is 18.1. The summed E-state index contributed by atoms with van der Waals surface area (Å²) in [6, 6.07) is 9.47. The average Bonchev–Trinajstić information content (AvgIpc) is 3.10. The summed E-state index contributed by atoms with van der Waals surface area (Å²) in [5.74, 6) is 1.70. The van der Waals surface area contributed by atoms with E-state index in [4.69, 9.17) is 0 Å². The van der Waals surface area contributed by atoms with E-state index in [-0.39, 0.29) is 29.4 Å². The van der Waals surface area contributed by atoms with Crippen LogP contribution in [0.4, 0.5) is 5.69 Å². The van der Waals surface area contributed by atoms with E-state index in [1.807, 2.05) is 7.05 Å². The third-order valence-corrected chi connectivity index (χ3v) is 5.38.